The van der Waals surface area contributed by atoms with Crippen molar-refractivity contribution in [2.75, 3.05) is 20.1 Å². The first-order chi connectivity index (χ1) is 10.6. The van der Waals surface area contributed by atoms with Crippen molar-refractivity contribution in [1.82, 2.24) is 15.8 Å². The van der Waals surface area contributed by atoms with Crippen molar-refractivity contribution in [3.8, 4) is 11.3 Å². The monoisotopic (exact) mass is 341 g/mol. The van der Waals surface area contributed by atoms with Gasteiger partial charge < -0.3 is 15.2 Å². The van der Waals surface area contributed by atoms with E-state index in [1.165, 1.54) is 0 Å². The smallest absolute Gasteiger partial charge is 0.257 e. The maximum Gasteiger partial charge on any atom is 0.257 e. The van der Waals surface area contributed by atoms with Crippen LogP contribution in [0.25, 0.3) is 11.3 Å². The Hall–Kier alpha value is -1.56. The highest BCUT2D eigenvalue weighted by atomic mass is 35.5. The van der Waals surface area contributed by atoms with Gasteiger partial charge in [0.15, 0.2) is 0 Å². The van der Waals surface area contributed by atoms with Crippen LogP contribution in [0.5, 0.6) is 0 Å². The van der Waals surface area contributed by atoms with E-state index in [1.807, 2.05) is 7.05 Å². The first-order valence-corrected chi connectivity index (χ1v) is 7.65. The fraction of sp³-hybridized carbons (Fsp3) is 0.333. The average Bonchev–Trinajstić information content (AvgIpc) is 2.85. The van der Waals surface area contributed by atoms with Crippen LogP contribution in [-0.4, -0.2) is 31.2 Å². The normalized spacial score (nSPS) is 10.7. The Balaban J connectivity index is 2.30. The quantitative estimate of drug-likeness (QED) is 0.791. The summed E-state index contributed by atoms with van der Waals surface area (Å²) in [6.07, 6.45) is 0.828. The van der Waals surface area contributed by atoms with Gasteiger partial charge in [0.1, 0.15) is 17.0 Å². The van der Waals surface area contributed by atoms with Crippen LogP contribution in [0.4, 0.5) is 0 Å². The molecule has 1 aromatic heterocycles. The molecule has 2 N–H and O–H groups in total. The maximum atomic E-state index is 12.4. The van der Waals surface area contributed by atoms with Crippen molar-refractivity contribution in [3.63, 3.8) is 0 Å². The number of aryl methyl sites for hydroxylation is 1. The average molecular weight is 342 g/mol. The number of carbonyl (C=O) groups is 1. The summed E-state index contributed by atoms with van der Waals surface area (Å²) in [6.45, 7) is 3.07. The second-order valence-corrected chi connectivity index (χ2v) is 5.59. The van der Waals surface area contributed by atoms with Crippen LogP contribution in [0.1, 0.15) is 22.5 Å². The number of aromatic nitrogens is 1. The molecule has 5 nitrogen and oxygen atoms in total. The van der Waals surface area contributed by atoms with E-state index in [2.05, 4.69) is 15.8 Å². The Morgan fingerprint density at radius 3 is 2.59 bits per heavy atom. The minimum atomic E-state index is -0.249. The van der Waals surface area contributed by atoms with Gasteiger partial charge in [0.05, 0.1) is 10.0 Å². The molecule has 0 aliphatic carbocycles. The third-order valence-corrected chi connectivity index (χ3v) is 3.81. The van der Waals surface area contributed by atoms with E-state index in [9.17, 15) is 4.79 Å². The first-order valence-electron chi connectivity index (χ1n) is 6.89. The molecule has 0 unspecified atom stereocenters. The van der Waals surface area contributed by atoms with Crippen molar-refractivity contribution in [1.29, 1.82) is 0 Å². The van der Waals surface area contributed by atoms with Crippen molar-refractivity contribution >= 4 is 29.1 Å². The van der Waals surface area contributed by atoms with Crippen LogP contribution in [0.15, 0.2) is 22.7 Å². The minimum absolute atomic E-state index is 0.249. The lowest BCUT2D eigenvalue weighted by molar-refractivity contribution is 0.0952. The molecule has 2 aromatic rings. The van der Waals surface area contributed by atoms with Gasteiger partial charge in [0, 0.05) is 12.1 Å². The van der Waals surface area contributed by atoms with Crippen molar-refractivity contribution in [2.45, 2.75) is 13.3 Å². The number of carbonyl (C=O) groups excluding carboxylic acids is 1. The van der Waals surface area contributed by atoms with Gasteiger partial charge in [-0.05, 0) is 39.1 Å². The molecule has 0 saturated heterocycles. The summed E-state index contributed by atoms with van der Waals surface area (Å²) in [5.74, 6) is 0.179. The Morgan fingerprint density at radius 1 is 1.27 bits per heavy atom. The van der Waals surface area contributed by atoms with E-state index in [0.29, 0.717) is 39.2 Å². The van der Waals surface area contributed by atoms with Gasteiger partial charge in [-0.2, -0.15) is 0 Å². The molecule has 118 valence electrons. The van der Waals surface area contributed by atoms with Crippen LogP contribution in [-0.2, 0) is 0 Å². The summed E-state index contributed by atoms with van der Waals surface area (Å²) in [7, 11) is 1.86. The third kappa shape index (κ3) is 3.61. The van der Waals surface area contributed by atoms with E-state index >= 15 is 0 Å². The SMILES string of the molecule is CNCCCNC(=O)c1c(-c2c(Cl)cccc2Cl)noc1C. The molecule has 0 atom stereocenters. The summed E-state index contributed by atoms with van der Waals surface area (Å²) in [6, 6.07) is 5.13. The summed E-state index contributed by atoms with van der Waals surface area (Å²) in [5.41, 5.74) is 1.22. The second-order valence-electron chi connectivity index (χ2n) is 4.77. The van der Waals surface area contributed by atoms with Gasteiger partial charge in [-0.25, -0.2) is 0 Å². The van der Waals surface area contributed by atoms with E-state index in [1.54, 1.807) is 25.1 Å². The molecule has 0 aliphatic rings. The van der Waals surface area contributed by atoms with Crippen molar-refractivity contribution in [2.24, 2.45) is 0 Å². The predicted molar refractivity (Wildman–Crippen MR) is 87.6 cm³/mol. The van der Waals surface area contributed by atoms with Crippen LogP contribution >= 0.6 is 23.2 Å². The van der Waals surface area contributed by atoms with Gasteiger partial charge in [-0.3, -0.25) is 4.79 Å². The molecule has 2 rings (SSSR count). The molecular formula is C15H17Cl2N3O2. The molecule has 7 heteroatoms. The van der Waals surface area contributed by atoms with Crippen LogP contribution in [0.3, 0.4) is 0 Å². The Morgan fingerprint density at radius 2 is 1.95 bits per heavy atom. The lowest BCUT2D eigenvalue weighted by Crippen LogP contribution is -2.27. The van der Waals surface area contributed by atoms with Gasteiger partial charge in [0.2, 0.25) is 0 Å². The lowest BCUT2D eigenvalue weighted by atomic mass is 10.1. The van der Waals surface area contributed by atoms with Crippen molar-refractivity contribution < 1.29 is 9.32 Å². The van der Waals surface area contributed by atoms with E-state index in [0.717, 1.165) is 13.0 Å². The van der Waals surface area contributed by atoms with E-state index in [-0.39, 0.29) is 5.91 Å². The number of hydrogen-bond donors (Lipinski definition) is 2. The predicted octanol–water partition coefficient (Wildman–Crippen LogP) is 3.30. The molecule has 0 fully saturated rings. The molecule has 0 spiro atoms. The number of rotatable bonds is 6. The van der Waals surface area contributed by atoms with Gasteiger partial charge >= 0.3 is 0 Å². The highest BCUT2D eigenvalue weighted by Crippen LogP contribution is 2.36. The molecule has 1 amide bonds. The number of halogens is 2. The Bertz CT molecular complexity index is 651. The fourth-order valence-electron chi connectivity index (χ4n) is 2.09. The number of hydrogen-bond acceptors (Lipinski definition) is 4. The summed E-state index contributed by atoms with van der Waals surface area (Å²) in [4.78, 5) is 12.4. The molecule has 1 aromatic carbocycles. The minimum Gasteiger partial charge on any atom is -0.360 e. The summed E-state index contributed by atoms with van der Waals surface area (Å²) >= 11 is 12.4. The topological polar surface area (TPSA) is 67.2 Å². The summed E-state index contributed by atoms with van der Waals surface area (Å²) < 4.78 is 5.17. The third-order valence-electron chi connectivity index (χ3n) is 3.18. The van der Waals surface area contributed by atoms with Gasteiger partial charge in [-0.1, -0.05) is 34.4 Å². The van der Waals surface area contributed by atoms with Gasteiger partial charge in [-0.15, -0.1) is 0 Å². The molecule has 0 radical (unpaired) electrons. The molecule has 0 bridgehead atoms. The lowest BCUT2D eigenvalue weighted by Gasteiger charge is -2.07. The zero-order valence-electron chi connectivity index (χ0n) is 12.4. The molecule has 0 aliphatic heterocycles. The van der Waals surface area contributed by atoms with Crippen molar-refractivity contribution in [3.05, 3.63) is 39.6 Å². The second kappa shape index (κ2) is 7.63. The zero-order chi connectivity index (χ0) is 16.1. The molecule has 22 heavy (non-hydrogen) atoms. The van der Waals surface area contributed by atoms with E-state index < -0.39 is 0 Å². The number of nitrogens with zero attached hydrogens (tertiary/aromatic N) is 1. The van der Waals surface area contributed by atoms with Crippen LogP contribution in [0, 0.1) is 6.92 Å². The Labute approximate surface area is 139 Å². The van der Waals surface area contributed by atoms with Crippen LogP contribution in [0.2, 0.25) is 10.0 Å². The Kier molecular flexibility index (Phi) is 5.83. The standard InChI is InChI=1S/C15H17Cl2N3O2/c1-9-12(15(21)19-8-4-7-18-2)14(20-22-9)13-10(16)5-3-6-11(13)17/h3,5-6,18H,4,7-8H2,1-2H3,(H,19,21). The van der Waals surface area contributed by atoms with E-state index in [4.69, 9.17) is 27.7 Å². The number of amides is 1. The summed E-state index contributed by atoms with van der Waals surface area (Å²) in [5, 5.41) is 10.7. The largest absolute Gasteiger partial charge is 0.360 e. The first kappa shape index (κ1) is 16.8. The van der Waals surface area contributed by atoms with Crippen LogP contribution < -0.4 is 10.6 Å². The molecular weight excluding hydrogens is 325 g/mol. The number of nitrogens with one attached hydrogen (secondary N) is 2. The molecule has 1 heterocycles. The fourth-order valence-corrected chi connectivity index (χ4v) is 2.67. The molecule has 0 saturated carbocycles. The number of benzene rings is 1. The van der Waals surface area contributed by atoms with Gasteiger partial charge in [0.25, 0.3) is 5.91 Å². The maximum absolute atomic E-state index is 12.4. The highest BCUT2D eigenvalue weighted by Gasteiger charge is 2.24. The highest BCUT2D eigenvalue weighted by molar-refractivity contribution is 6.39. The zero-order valence-corrected chi connectivity index (χ0v) is 13.9.